The van der Waals surface area contributed by atoms with Gasteiger partial charge in [-0.15, -0.1) is 9.24 Å². The summed E-state index contributed by atoms with van der Waals surface area (Å²) >= 11 is 0. The average Bonchev–Trinajstić information content (AvgIpc) is 2.23. The Kier molecular flexibility index (Phi) is 1.97. The summed E-state index contributed by atoms with van der Waals surface area (Å²) in [6.07, 6.45) is 0. The molecule has 0 fully saturated rings. The normalized spacial score (nSPS) is 10.6. The maximum Gasteiger partial charge on any atom is 0.150 e. The minimum atomic E-state index is -0.0776. The summed E-state index contributed by atoms with van der Waals surface area (Å²) in [6, 6.07) is 7.22. The molecule has 3 nitrogen and oxygen atoms in total. The molecule has 1 atom stereocenters. The molecule has 2 aromatic carbocycles. The molecule has 0 aromatic heterocycles. The monoisotopic (exact) mass is 207 g/mol. The molecule has 72 valence electrons. The van der Waals surface area contributed by atoms with E-state index in [4.69, 9.17) is 5.73 Å². The van der Waals surface area contributed by atoms with E-state index in [0.717, 1.165) is 5.39 Å². The lowest BCUT2D eigenvalue weighted by atomic mass is 10.1. The van der Waals surface area contributed by atoms with Crippen LogP contribution in [0.25, 0.3) is 10.8 Å². The van der Waals surface area contributed by atoms with Gasteiger partial charge in [-0.1, -0.05) is 24.3 Å². The van der Waals surface area contributed by atoms with E-state index in [0.29, 0.717) is 10.7 Å². The summed E-state index contributed by atoms with van der Waals surface area (Å²) < 4.78 is 0. The molecule has 14 heavy (non-hydrogen) atoms. The molecule has 1 unspecified atom stereocenters. The number of aromatic hydroxyl groups is 2. The Bertz CT molecular complexity index is 464. The predicted octanol–water partition coefficient (Wildman–Crippen LogP) is 1.33. The van der Waals surface area contributed by atoms with Crippen molar-refractivity contribution in [3.05, 3.63) is 24.3 Å². The van der Waals surface area contributed by atoms with Gasteiger partial charge in [-0.3, -0.25) is 0 Å². The van der Waals surface area contributed by atoms with Crippen LogP contribution in [-0.4, -0.2) is 10.2 Å². The molecule has 0 saturated carbocycles. The standard InChI is InChI=1S/C10H10NO2P/c11-7-8(12)5-3-1-2-4-6(5)10(14)9(7)13/h1-4,12-13H,11,14H2. The Morgan fingerprint density at radius 2 is 1.57 bits per heavy atom. The van der Waals surface area contributed by atoms with Gasteiger partial charge in [-0.2, -0.15) is 0 Å². The molecule has 4 heteroatoms. The van der Waals surface area contributed by atoms with Crippen molar-refractivity contribution in [2.24, 2.45) is 0 Å². The van der Waals surface area contributed by atoms with Gasteiger partial charge < -0.3 is 15.9 Å². The zero-order valence-electron chi connectivity index (χ0n) is 7.36. The van der Waals surface area contributed by atoms with E-state index >= 15 is 0 Å². The second-order valence-corrected chi connectivity index (χ2v) is 3.65. The third-order valence-electron chi connectivity index (χ3n) is 2.24. The summed E-state index contributed by atoms with van der Waals surface area (Å²) in [5.74, 6) is -0.143. The topological polar surface area (TPSA) is 66.5 Å². The Balaban J connectivity index is 3.02. The van der Waals surface area contributed by atoms with E-state index in [1.54, 1.807) is 6.07 Å². The highest BCUT2D eigenvalue weighted by molar-refractivity contribution is 7.28. The van der Waals surface area contributed by atoms with Crippen molar-refractivity contribution in [1.29, 1.82) is 0 Å². The number of hydrogen-bond acceptors (Lipinski definition) is 3. The molecule has 2 aromatic rings. The van der Waals surface area contributed by atoms with Gasteiger partial charge >= 0.3 is 0 Å². The molecule has 0 radical (unpaired) electrons. The fraction of sp³-hybridized carbons (Fsp3) is 0. The molecular weight excluding hydrogens is 197 g/mol. The number of phenols is 2. The average molecular weight is 207 g/mol. The second kappa shape index (κ2) is 3.03. The van der Waals surface area contributed by atoms with E-state index in [2.05, 4.69) is 9.24 Å². The van der Waals surface area contributed by atoms with Crippen LogP contribution in [0.5, 0.6) is 11.5 Å². The first-order valence-electron chi connectivity index (χ1n) is 4.10. The van der Waals surface area contributed by atoms with Gasteiger partial charge in [0, 0.05) is 10.7 Å². The van der Waals surface area contributed by atoms with E-state index in [1.807, 2.05) is 18.2 Å². The SMILES string of the molecule is Nc1c(O)c(P)c2ccccc2c1O. The largest absolute Gasteiger partial charge is 0.505 e. The molecular formula is C10H10NO2P. The molecule has 2 rings (SSSR count). The van der Waals surface area contributed by atoms with Crippen LogP contribution < -0.4 is 11.0 Å². The fourth-order valence-corrected chi connectivity index (χ4v) is 1.86. The summed E-state index contributed by atoms with van der Waals surface area (Å²) in [5, 5.41) is 21.3. The number of benzene rings is 2. The first-order chi connectivity index (χ1) is 6.63. The van der Waals surface area contributed by atoms with Gasteiger partial charge in [-0.25, -0.2) is 0 Å². The smallest absolute Gasteiger partial charge is 0.150 e. The highest BCUT2D eigenvalue weighted by Crippen LogP contribution is 2.37. The second-order valence-electron chi connectivity index (χ2n) is 3.07. The Labute approximate surface area is 83.4 Å². The number of rotatable bonds is 0. The molecule has 4 N–H and O–H groups in total. The summed E-state index contributed by atoms with van der Waals surface area (Å²) in [4.78, 5) is 0. The lowest BCUT2D eigenvalue weighted by molar-refractivity contribution is 0.462. The van der Waals surface area contributed by atoms with Crippen LogP contribution in [0.15, 0.2) is 24.3 Å². The van der Waals surface area contributed by atoms with Crippen LogP contribution in [0, 0.1) is 0 Å². The van der Waals surface area contributed by atoms with Gasteiger partial charge in [0.2, 0.25) is 0 Å². The number of nitrogens with two attached hydrogens (primary N) is 1. The third kappa shape index (κ3) is 1.10. The summed E-state index contributed by atoms with van der Waals surface area (Å²) in [6.45, 7) is 0. The number of nitrogen functional groups attached to an aromatic ring is 1. The first-order valence-corrected chi connectivity index (χ1v) is 4.68. The van der Waals surface area contributed by atoms with Crippen LogP contribution in [0.3, 0.4) is 0 Å². The van der Waals surface area contributed by atoms with E-state index in [-0.39, 0.29) is 17.2 Å². The molecule has 0 aliphatic carbocycles. The highest BCUT2D eigenvalue weighted by atomic mass is 31.0. The maximum absolute atomic E-state index is 9.67. The highest BCUT2D eigenvalue weighted by Gasteiger charge is 2.12. The number of anilines is 1. The van der Waals surface area contributed by atoms with Crippen molar-refractivity contribution in [2.75, 3.05) is 5.73 Å². The van der Waals surface area contributed by atoms with Crippen molar-refractivity contribution < 1.29 is 10.2 Å². The molecule has 0 spiro atoms. The Hall–Kier alpha value is -1.47. The van der Waals surface area contributed by atoms with Gasteiger partial charge in [-0.05, 0) is 5.39 Å². The summed E-state index contributed by atoms with van der Waals surface area (Å²) in [7, 11) is 2.42. The molecule has 0 aliphatic rings. The molecule has 0 amide bonds. The summed E-state index contributed by atoms with van der Waals surface area (Å²) in [5.41, 5.74) is 5.56. The number of fused-ring (bicyclic) bond motifs is 1. The van der Waals surface area contributed by atoms with Crippen LogP contribution in [0.2, 0.25) is 0 Å². The maximum atomic E-state index is 9.67. The van der Waals surface area contributed by atoms with Crippen molar-refractivity contribution in [2.45, 2.75) is 0 Å². The molecule has 0 bridgehead atoms. The molecule has 0 aliphatic heterocycles. The van der Waals surface area contributed by atoms with Gasteiger partial charge in [0.15, 0.2) is 0 Å². The van der Waals surface area contributed by atoms with E-state index in [1.165, 1.54) is 0 Å². The Morgan fingerprint density at radius 3 is 2.21 bits per heavy atom. The van der Waals surface area contributed by atoms with Crippen molar-refractivity contribution >= 4 is 31.0 Å². The predicted molar refractivity (Wildman–Crippen MR) is 61.0 cm³/mol. The Morgan fingerprint density at radius 1 is 1.00 bits per heavy atom. The van der Waals surface area contributed by atoms with Crippen molar-refractivity contribution in [1.82, 2.24) is 0 Å². The van der Waals surface area contributed by atoms with Crippen molar-refractivity contribution in [3.8, 4) is 11.5 Å². The lowest BCUT2D eigenvalue weighted by Gasteiger charge is -2.09. The van der Waals surface area contributed by atoms with Gasteiger partial charge in [0.05, 0.1) is 0 Å². The number of phenolic OH excluding ortho intramolecular Hbond substituents is 2. The minimum absolute atomic E-state index is 0.0219. The van der Waals surface area contributed by atoms with Crippen LogP contribution in [-0.2, 0) is 0 Å². The quantitative estimate of drug-likeness (QED) is 0.347. The fourth-order valence-electron chi connectivity index (χ4n) is 1.45. The first kappa shape index (κ1) is 9.10. The van der Waals surface area contributed by atoms with E-state index in [9.17, 15) is 10.2 Å². The molecule has 0 saturated heterocycles. The number of hydrogen-bond donors (Lipinski definition) is 3. The third-order valence-corrected chi connectivity index (χ3v) is 2.82. The zero-order chi connectivity index (χ0) is 10.3. The van der Waals surface area contributed by atoms with Gasteiger partial charge in [0.25, 0.3) is 0 Å². The van der Waals surface area contributed by atoms with Crippen LogP contribution >= 0.6 is 9.24 Å². The van der Waals surface area contributed by atoms with Crippen molar-refractivity contribution in [3.63, 3.8) is 0 Å². The van der Waals surface area contributed by atoms with E-state index < -0.39 is 0 Å². The van der Waals surface area contributed by atoms with Crippen LogP contribution in [0.4, 0.5) is 5.69 Å². The zero-order valence-corrected chi connectivity index (χ0v) is 8.51. The lowest BCUT2D eigenvalue weighted by Crippen LogP contribution is -1.99. The minimum Gasteiger partial charge on any atom is -0.505 e. The van der Waals surface area contributed by atoms with Crippen LogP contribution in [0.1, 0.15) is 0 Å². The van der Waals surface area contributed by atoms with Gasteiger partial charge in [0.1, 0.15) is 17.2 Å². The molecule has 0 heterocycles.